The number of hydrogen-bond acceptors (Lipinski definition) is 3. The van der Waals surface area contributed by atoms with Crippen molar-refractivity contribution >= 4 is 5.82 Å². The first-order valence-electron chi connectivity index (χ1n) is 7.64. The maximum atomic E-state index is 4.33. The predicted molar refractivity (Wildman–Crippen MR) is 83.4 cm³/mol. The minimum absolute atomic E-state index is 0.815. The Balaban J connectivity index is 2.61. The molecule has 0 bridgehead atoms. The van der Waals surface area contributed by atoms with Crippen molar-refractivity contribution in [3.8, 4) is 0 Å². The van der Waals surface area contributed by atoms with Gasteiger partial charge in [0.15, 0.2) is 0 Å². The summed E-state index contributed by atoms with van der Waals surface area (Å²) in [5.74, 6) is 1.80. The monoisotopic (exact) mass is 263 g/mol. The number of anilines is 1. The van der Waals surface area contributed by atoms with E-state index in [1.54, 1.807) is 0 Å². The van der Waals surface area contributed by atoms with Crippen molar-refractivity contribution in [1.82, 2.24) is 9.88 Å². The van der Waals surface area contributed by atoms with Gasteiger partial charge < -0.3 is 5.32 Å². The number of nitrogens with zero attached hydrogens (tertiary/aromatic N) is 2. The molecule has 0 aliphatic carbocycles. The van der Waals surface area contributed by atoms with Gasteiger partial charge in [0.25, 0.3) is 0 Å². The predicted octanol–water partition coefficient (Wildman–Crippen LogP) is 3.77. The summed E-state index contributed by atoms with van der Waals surface area (Å²) in [4.78, 5) is 6.86. The Labute approximate surface area is 118 Å². The van der Waals surface area contributed by atoms with Crippen LogP contribution in [0.15, 0.2) is 18.3 Å². The van der Waals surface area contributed by atoms with Crippen molar-refractivity contribution in [3.05, 3.63) is 23.9 Å². The second kappa shape index (κ2) is 8.92. The highest BCUT2D eigenvalue weighted by Gasteiger charge is 2.10. The van der Waals surface area contributed by atoms with Gasteiger partial charge in [0.1, 0.15) is 5.82 Å². The topological polar surface area (TPSA) is 28.2 Å². The second-order valence-electron chi connectivity index (χ2n) is 5.09. The van der Waals surface area contributed by atoms with Crippen molar-refractivity contribution < 1.29 is 0 Å². The number of nitrogens with one attached hydrogen (secondary N) is 1. The third-order valence-corrected chi connectivity index (χ3v) is 3.71. The average Bonchev–Trinajstić information content (AvgIpc) is 2.44. The smallest absolute Gasteiger partial charge is 0.126 e. The zero-order valence-electron chi connectivity index (χ0n) is 12.9. The van der Waals surface area contributed by atoms with Gasteiger partial charge in [-0.1, -0.05) is 33.6 Å². The van der Waals surface area contributed by atoms with E-state index < -0.39 is 0 Å². The molecule has 0 saturated carbocycles. The van der Waals surface area contributed by atoms with Gasteiger partial charge in [-0.3, -0.25) is 4.90 Å². The molecule has 1 aromatic rings. The molecule has 0 atom stereocenters. The van der Waals surface area contributed by atoms with Crippen LogP contribution in [0.25, 0.3) is 0 Å². The molecule has 0 unspecified atom stereocenters. The van der Waals surface area contributed by atoms with Gasteiger partial charge in [-0.2, -0.15) is 0 Å². The molecule has 0 spiro atoms. The van der Waals surface area contributed by atoms with E-state index >= 15 is 0 Å². The van der Waals surface area contributed by atoms with Crippen LogP contribution in [0.3, 0.4) is 0 Å². The molecule has 108 valence electrons. The van der Waals surface area contributed by atoms with Crippen molar-refractivity contribution in [1.29, 1.82) is 0 Å². The van der Waals surface area contributed by atoms with Crippen LogP contribution in [0.2, 0.25) is 0 Å². The third-order valence-electron chi connectivity index (χ3n) is 3.71. The van der Waals surface area contributed by atoms with E-state index in [0.717, 1.165) is 31.4 Å². The highest BCUT2D eigenvalue weighted by atomic mass is 15.1. The van der Waals surface area contributed by atoms with Gasteiger partial charge in [-0.15, -0.1) is 0 Å². The van der Waals surface area contributed by atoms with E-state index in [1.807, 2.05) is 6.20 Å². The van der Waals surface area contributed by atoms with Gasteiger partial charge >= 0.3 is 0 Å². The molecule has 0 aliphatic heterocycles. The zero-order chi connectivity index (χ0) is 14.1. The first kappa shape index (κ1) is 16.0. The van der Waals surface area contributed by atoms with Crippen LogP contribution in [0.1, 0.15) is 46.1 Å². The van der Waals surface area contributed by atoms with Crippen LogP contribution in [-0.2, 0) is 6.54 Å². The number of aromatic nitrogens is 1. The molecular weight excluding hydrogens is 234 g/mol. The molecule has 0 radical (unpaired) electrons. The van der Waals surface area contributed by atoms with Crippen LogP contribution in [0, 0.1) is 5.92 Å². The largest absolute Gasteiger partial charge is 0.370 e. The van der Waals surface area contributed by atoms with Crippen molar-refractivity contribution in [2.45, 2.75) is 47.1 Å². The first-order chi connectivity index (χ1) is 9.23. The zero-order valence-corrected chi connectivity index (χ0v) is 12.9. The summed E-state index contributed by atoms with van der Waals surface area (Å²) in [6, 6.07) is 4.29. The van der Waals surface area contributed by atoms with E-state index in [1.165, 1.54) is 24.9 Å². The maximum absolute atomic E-state index is 4.33. The standard InChI is InChI=1S/C16H29N3/c1-5-14(6-2)12-19(8-4)13-15-9-10-18-16(11-15)17-7-3/h9-11,14H,5-8,12-13H2,1-4H3,(H,17,18). The van der Waals surface area contributed by atoms with Crippen molar-refractivity contribution in [2.75, 3.05) is 25.0 Å². The Morgan fingerprint density at radius 1 is 1.21 bits per heavy atom. The summed E-state index contributed by atoms with van der Waals surface area (Å²) < 4.78 is 0. The second-order valence-corrected chi connectivity index (χ2v) is 5.09. The lowest BCUT2D eigenvalue weighted by Gasteiger charge is -2.25. The summed E-state index contributed by atoms with van der Waals surface area (Å²) in [6.07, 6.45) is 4.44. The van der Waals surface area contributed by atoms with E-state index in [0.29, 0.717) is 0 Å². The van der Waals surface area contributed by atoms with Crippen LogP contribution in [0.4, 0.5) is 5.82 Å². The Bertz CT molecular complexity index is 348. The van der Waals surface area contributed by atoms with Gasteiger partial charge in [-0.05, 0) is 37.1 Å². The van der Waals surface area contributed by atoms with Crippen molar-refractivity contribution in [2.24, 2.45) is 5.92 Å². The molecule has 3 nitrogen and oxygen atoms in total. The Hall–Kier alpha value is -1.09. The van der Waals surface area contributed by atoms with E-state index in [2.05, 4.69) is 55.0 Å². The summed E-state index contributed by atoms with van der Waals surface area (Å²) in [7, 11) is 0. The summed E-state index contributed by atoms with van der Waals surface area (Å²) in [5, 5.41) is 3.27. The van der Waals surface area contributed by atoms with Crippen LogP contribution >= 0.6 is 0 Å². The lowest BCUT2D eigenvalue weighted by atomic mass is 10.0. The number of hydrogen-bond donors (Lipinski definition) is 1. The molecule has 0 aromatic carbocycles. The van der Waals surface area contributed by atoms with Gasteiger partial charge in [-0.25, -0.2) is 4.98 Å². The third kappa shape index (κ3) is 5.60. The van der Waals surface area contributed by atoms with E-state index in [4.69, 9.17) is 0 Å². The Morgan fingerprint density at radius 3 is 2.53 bits per heavy atom. The molecule has 1 aromatic heterocycles. The van der Waals surface area contributed by atoms with E-state index in [-0.39, 0.29) is 0 Å². The number of rotatable bonds is 9. The SMILES string of the molecule is CCNc1cc(CN(CC)CC(CC)CC)ccn1. The van der Waals surface area contributed by atoms with Gasteiger partial charge in [0.2, 0.25) is 0 Å². The lowest BCUT2D eigenvalue weighted by Crippen LogP contribution is -2.28. The Morgan fingerprint density at radius 2 is 1.95 bits per heavy atom. The minimum Gasteiger partial charge on any atom is -0.370 e. The van der Waals surface area contributed by atoms with Crippen LogP contribution < -0.4 is 5.32 Å². The lowest BCUT2D eigenvalue weighted by molar-refractivity contribution is 0.226. The van der Waals surface area contributed by atoms with E-state index in [9.17, 15) is 0 Å². The summed E-state index contributed by atoms with van der Waals surface area (Å²) in [5.41, 5.74) is 1.35. The Kier molecular flexibility index (Phi) is 7.49. The fraction of sp³-hybridized carbons (Fsp3) is 0.688. The maximum Gasteiger partial charge on any atom is 0.126 e. The molecule has 1 heterocycles. The molecule has 1 N–H and O–H groups in total. The number of pyridine rings is 1. The molecule has 0 amide bonds. The van der Waals surface area contributed by atoms with Crippen LogP contribution in [-0.4, -0.2) is 29.5 Å². The molecule has 0 fully saturated rings. The molecule has 19 heavy (non-hydrogen) atoms. The molecule has 3 heteroatoms. The molecule has 0 saturated heterocycles. The first-order valence-corrected chi connectivity index (χ1v) is 7.64. The highest BCUT2D eigenvalue weighted by molar-refractivity contribution is 5.37. The highest BCUT2D eigenvalue weighted by Crippen LogP contribution is 2.14. The fourth-order valence-corrected chi connectivity index (χ4v) is 2.33. The summed E-state index contributed by atoms with van der Waals surface area (Å²) >= 11 is 0. The average molecular weight is 263 g/mol. The molecule has 0 aliphatic rings. The fourth-order valence-electron chi connectivity index (χ4n) is 2.33. The summed E-state index contributed by atoms with van der Waals surface area (Å²) in [6.45, 7) is 13.2. The van der Waals surface area contributed by atoms with Gasteiger partial charge in [0.05, 0.1) is 0 Å². The molecular formula is C16H29N3. The van der Waals surface area contributed by atoms with Gasteiger partial charge in [0, 0.05) is 25.8 Å². The quantitative estimate of drug-likeness (QED) is 0.735. The normalized spacial score (nSPS) is 11.3. The van der Waals surface area contributed by atoms with Crippen molar-refractivity contribution in [3.63, 3.8) is 0 Å². The molecule has 1 rings (SSSR count). The minimum atomic E-state index is 0.815. The van der Waals surface area contributed by atoms with Crippen LogP contribution in [0.5, 0.6) is 0 Å².